The first-order valence-corrected chi connectivity index (χ1v) is 5.83. The summed E-state index contributed by atoms with van der Waals surface area (Å²) in [6.07, 6.45) is 1.82. The fourth-order valence-electron chi connectivity index (χ4n) is 1.16. The van der Waals surface area contributed by atoms with E-state index in [1.165, 1.54) is 0 Å². The lowest BCUT2D eigenvalue weighted by Gasteiger charge is -2.20. The van der Waals surface area contributed by atoms with Crippen molar-refractivity contribution in [3.8, 4) is 0 Å². The third-order valence-electron chi connectivity index (χ3n) is 1.85. The van der Waals surface area contributed by atoms with Gasteiger partial charge < -0.3 is 4.90 Å². The van der Waals surface area contributed by atoms with E-state index in [4.69, 9.17) is 0 Å². The van der Waals surface area contributed by atoms with Gasteiger partial charge in [-0.3, -0.25) is 0 Å². The summed E-state index contributed by atoms with van der Waals surface area (Å²) in [5.41, 5.74) is 0. The minimum Gasteiger partial charge on any atom is -0.356 e. The molecule has 0 bridgehead atoms. The highest BCUT2D eigenvalue weighted by Gasteiger charge is 2.07. The lowest BCUT2D eigenvalue weighted by molar-refractivity contribution is 0.842. The number of halogens is 2. The van der Waals surface area contributed by atoms with Gasteiger partial charge in [0.1, 0.15) is 5.82 Å². The van der Waals surface area contributed by atoms with Crippen LogP contribution in [0.1, 0.15) is 13.8 Å². The predicted octanol–water partition coefficient (Wildman–Crippen LogP) is 3.45. The number of hydrogen-bond acceptors (Lipinski definition) is 2. The van der Waals surface area contributed by atoms with Crippen molar-refractivity contribution < 1.29 is 0 Å². The molecule has 0 radical (unpaired) electrons. The van der Waals surface area contributed by atoms with Gasteiger partial charge in [0.2, 0.25) is 0 Å². The maximum Gasteiger partial charge on any atom is 0.142 e. The standard InChI is InChI=1S/C9H12Br2N2/c1-3-13(4-2)9-8(11)5-7(10)6-12-9/h5-6H,3-4H2,1-2H3. The predicted molar refractivity (Wildman–Crippen MR) is 63.2 cm³/mol. The van der Waals surface area contributed by atoms with Crippen molar-refractivity contribution in [2.75, 3.05) is 18.0 Å². The number of pyridine rings is 1. The molecule has 0 saturated carbocycles. The van der Waals surface area contributed by atoms with Crippen molar-refractivity contribution in [1.29, 1.82) is 0 Å². The highest BCUT2D eigenvalue weighted by atomic mass is 79.9. The van der Waals surface area contributed by atoms with Crippen LogP contribution in [0.25, 0.3) is 0 Å². The molecule has 2 nitrogen and oxygen atoms in total. The van der Waals surface area contributed by atoms with E-state index in [9.17, 15) is 0 Å². The van der Waals surface area contributed by atoms with E-state index >= 15 is 0 Å². The Bertz CT molecular complexity index is 285. The maximum absolute atomic E-state index is 4.35. The van der Waals surface area contributed by atoms with Gasteiger partial charge >= 0.3 is 0 Å². The molecular formula is C9H12Br2N2. The Morgan fingerprint density at radius 2 is 1.92 bits per heavy atom. The first-order chi connectivity index (χ1) is 6.19. The third-order valence-corrected chi connectivity index (χ3v) is 2.87. The van der Waals surface area contributed by atoms with Crippen molar-refractivity contribution >= 4 is 37.7 Å². The van der Waals surface area contributed by atoms with Gasteiger partial charge in [-0.1, -0.05) is 0 Å². The van der Waals surface area contributed by atoms with E-state index in [0.717, 1.165) is 27.9 Å². The monoisotopic (exact) mass is 306 g/mol. The molecule has 0 saturated heterocycles. The zero-order valence-corrected chi connectivity index (χ0v) is 10.9. The highest BCUT2D eigenvalue weighted by molar-refractivity contribution is 9.11. The molecule has 72 valence electrons. The van der Waals surface area contributed by atoms with Crippen LogP contribution in [-0.2, 0) is 0 Å². The number of rotatable bonds is 3. The summed E-state index contributed by atoms with van der Waals surface area (Å²) in [6.45, 7) is 6.20. The Kier molecular flexibility index (Phi) is 4.19. The van der Waals surface area contributed by atoms with Gasteiger partial charge in [0, 0.05) is 23.8 Å². The first-order valence-electron chi connectivity index (χ1n) is 4.25. The molecule has 1 aromatic rings. The van der Waals surface area contributed by atoms with Crippen molar-refractivity contribution in [3.05, 3.63) is 21.2 Å². The van der Waals surface area contributed by atoms with Crippen molar-refractivity contribution in [2.45, 2.75) is 13.8 Å². The van der Waals surface area contributed by atoms with Crippen molar-refractivity contribution in [3.63, 3.8) is 0 Å². The maximum atomic E-state index is 4.35. The summed E-state index contributed by atoms with van der Waals surface area (Å²) < 4.78 is 2.03. The Hall–Kier alpha value is -0.0900. The average molecular weight is 308 g/mol. The van der Waals surface area contributed by atoms with Crippen LogP contribution in [-0.4, -0.2) is 18.1 Å². The van der Waals surface area contributed by atoms with Gasteiger partial charge in [-0.05, 0) is 51.8 Å². The Morgan fingerprint density at radius 1 is 1.31 bits per heavy atom. The molecule has 0 aliphatic carbocycles. The van der Waals surface area contributed by atoms with Gasteiger partial charge in [-0.15, -0.1) is 0 Å². The van der Waals surface area contributed by atoms with E-state index < -0.39 is 0 Å². The summed E-state index contributed by atoms with van der Waals surface area (Å²) in [6, 6.07) is 2.01. The molecule has 0 unspecified atom stereocenters. The number of aromatic nitrogens is 1. The summed E-state index contributed by atoms with van der Waals surface area (Å²) in [4.78, 5) is 6.56. The fourth-order valence-corrected chi connectivity index (χ4v) is 2.40. The van der Waals surface area contributed by atoms with Gasteiger partial charge in [0.25, 0.3) is 0 Å². The number of anilines is 1. The number of nitrogens with zero attached hydrogens (tertiary/aromatic N) is 2. The average Bonchev–Trinajstić information content (AvgIpc) is 2.10. The van der Waals surface area contributed by atoms with Crippen LogP contribution in [0.5, 0.6) is 0 Å². The topological polar surface area (TPSA) is 16.1 Å². The zero-order valence-electron chi connectivity index (χ0n) is 7.72. The molecule has 13 heavy (non-hydrogen) atoms. The van der Waals surface area contributed by atoms with Crippen LogP contribution in [0.3, 0.4) is 0 Å². The molecule has 0 aliphatic rings. The molecule has 0 N–H and O–H groups in total. The quantitative estimate of drug-likeness (QED) is 0.850. The van der Waals surface area contributed by atoms with E-state index in [1.807, 2.05) is 12.3 Å². The lowest BCUT2D eigenvalue weighted by Crippen LogP contribution is -2.23. The summed E-state index contributed by atoms with van der Waals surface area (Å²) in [5, 5.41) is 0. The molecule has 1 heterocycles. The van der Waals surface area contributed by atoms with E-state index in [1.54, 1.807) is 0 Å². The Morgan fingerprint density at radius 3 is 2.38 bits per heavy atom. The molecule has 0 aliphatic heterocycles. The SMILES string of the molecule is CCN(CC)c1ncc(Br)cc1Br. The van der Waals surface area contributed by atoms with Crippen LogP contribution in [0.4, 0.5) is 5.82 Å². The van der Waals surface area contributed by atoms with Crippen LogP contribution in [0, 0.1) is 0 Å². The largest absolute Gasteiger partial charge is 0.356 e. The molecule has 1 aromatic heterocycles. The molecule has 0 spiro atoms. The van der Waals surface area contributed by atoms with Gasteiger partial charge in [0.05, 0.1) is 4.47 Å². The van der Waals surface area contributed by atoms with Crippen LogP contribution in [0.15, 0.2) is 21.2 Å². The van der Waals surface area contributed by atoms with Crippen molar-refractivity contribution in [1.82, 2.24) is 4.98 Å². The second-order valence-electron chi connectivity index (χ2n) is 2.63. The minimum absolute atomic E-state index is 0.976. The van der Waals surface area contributed by atoms with Crippen LogP contribution >= 0.6 is 31.9 Å². The third kappa shape index (κ3) is 2.68. The zero-order chi connectivity index (χ0) is 9.84. The number of hydrogen-bond donors (Lipinski definition) is 0. The van der Waals surface area contributed by atoms with E-state index in [2.05, 4.69) is 55.6 Å². The minimum atomic E-state index is 0.976. The van der Waals surface area contributed by atoms with E-state index in [0.29, 0.717) is 0 Å². The van der Waals surface area contributed by atoms with Gasteiger partial charge in [-0.2, -0.15) is 0 Å². The van der Waals surface area contributed by atoms with Crippen LogP contribution in [0.2, 0.25) is 0 Å². The molecular weight excluding hydrogens is 296 g/mol. The second kappa shape index (κ2) is 4.96. The Labute approximate surface area is 95.6 Å². The van der Waals surface area contributed by atoms with Crippen LogP contribution < -0.4 is 4.90 Å². The molecule has 0 amide bonds. The first kappa shape index (κ1) is 11.0. The van der Waals surface area contributed by atoms with Gasteiger partial charge in [0.15, 0.2) is 0 Å². The smallest absolute Gasteiger partial charge is 0.142 e. The Balaban J connectivity index is 2.99. The normalized spacial score (nSPS) is 10.2. The van der Waals surface area contributed by atoms with E-state index in [-0.39, 0.29) is 0 Å². The van der Waals surface area contributed by atoms with Gasteiger partial charge in [-0.25, -0.2) is 4.98 Å². The molecule has 0 fully saturated rings. The molecule has 4 heteroatoms. The fraction of sp³-hybridized carbons (Fsp3) is 0.444. The second-order valence-corrected chi connectivity index (χ2v) is 4.40. The molecule has 0 atom stereocenters. The summed E-state index contributed by atoms with van der Waals surface area (Å²) in [7, 11) is 0. The van der Waals surface area contributed by atoms with Crippen molar-refractivity contribution in [2.24, 2.45) is 0 Å². The molecule has 1 rings (SSSR count). The highest BCUT2D eigenvalue weighted by Crippen LogP contribution is 2.26. The summed E-state index contributed by atoms with van der Waals surface area (Å²) >= 11 is 6.87. The summed E-state index contributed by atoms with van der Waals surface area (Å²) in [5.74, 6) is 1.01. The lowest BCUT2D eigenvalue weighted by atomic mass is 10.4. The molecule has 0 aromatic carbocycles.